The van der Waals surface area contributed by atoms with Crippen LogP contribution >= 0.6 is 11.6 Å². The number of amides is 1. The summed E-state index contributed by atoms with van der Waals surface area (Å²) in [5.74, 6) is 0.683. The van der Waals surface area contributed by atoms with Crippen LogP contribution in [0.2, 0.25) is 5.22 Å². The number of hydrogen-bond donors (Lipinski definition) is 0. The molecule has 1 aliphatic rings. The highest BCUT2D eigenvalue weighted by Gasteiger charge is 2.26. The Balaban J connectivity index is 1.78. The minimum absolute atomic E-state index is 0.00784. The largest absolute Gasteiger partial charge is 0.452 e. The molecule has 0 radical (unpaired) electrons. The van der Waals surface area contributed by atoms with Gasteiger partial charge in [0.15, 0.2) is 0 Å². The first-order valence-electron chi connectivity index (χ1n) is 7.82. The van der Waals surface area contributed by atoms with Crippen molar-refractivity contribution in [3.63, 3.8) is 0 Å². The molecule has 2 heterocycles. The zero-order chi connectivity index (χ0) is 15.2. The van der Waals surface area contributed by atoms with Gasteiger partial charge in [-0.1, -0.05) is 13.3 Å². The predicted octanol–water partition coefficient (Wildman–Crippen LogP) is 3.52. The Morgan fingerprint density at radius 3 is 2.76 bits per heavy atom. The lowest BCUT2D eigenvalue weighted by Crippen LogP contribution is -2.41. The van der Waals surface area contributed by atoms with Crippen LogP contribution in [0.1, 0.15) is 43.0 Å². The number of hydrogen-bond acceptors (Lipinski definition) is 3. The molecule has 0 unspecified atom stereocenters. The van der Waals surface area contributed by atoms with Crippen molar-refractivity contribution in [1.29, 1.82) is 0 Å². The molecule has 1 aliphatic heterocycles. The Labute approximate surface area is 132 Å². The number of carbonyl (C=O) groups is 1. The van der Waals surface area contributed by atoms with Gasteiger partial charge in [-0.05, 0) is 56.4 Å². The van der Waals surface area contributed by atoms with Crippen LogP contribution in [-0.2, 0) is 0 Å². The van der Waals surface area contributed by atoms with Crippen molar-refractivity contribution < 1.29 is 9.21 Å². The number of furan rings is 1. The fourth-order valence-corrected chi connectivity index (χ4v) is 3.09. The van der Waals surface area contributed by atoms with E-state index in [1.165, 1.54) is 25.6 Å². The highest BCUT2D eigenvalue weighted by molar-refractivity contribution is 6.32. The Kier molecular flexibility index (Phi) is 6.12. The van der Waals surface area contributed by atoms with Crippen molar-refractivity contribution in [1.82, 2.24) is 9.80 Å². The van der Waals surface area contributed by atoms with Gasteiger partial charge in [0.1, 0.15) is 0 Å². The number of piperidine rings is 1. The number of nitrogens with zero attached hydrogens (tertiary/aromatic N) is 2. The van der Waals surface area contributed by atoms with Crippen LogP contribution in [0.3, 0.4) is 0 Å². The second kappa shape index (κ2) is 7.85. The summed E-state index contributed by atoms with van der Waals surface area (Å²) in [6, 6.07) is 1.65. The predicted molar refractivity (Wildman–Crippen MR) is 84.8 cm³/mol. The van der Waals surface area contributed by atoms with E-state index in [4.69, 9.17) is 16.0 Å². The molecule has 4 nitrogen and oxygen atoms in total. The van der Waals surface area contributed by atoms with Crippen LogP contribution in [0.4, 0.5) is 0 Å². The van der Waals surface area contributed by atoms with Crippen LogP contribution in [0.15, 0.2) is 16.7 Å². The van der Waals surface area contributed by atoms with Gasteiger partial charge in [0, 0.05) is 19.6 Å². The van der Waals surface area contributed by atoms with Crippen molar-refractivity contribution in [2.24, 2.45) is 5.92 Å². The molecule has 21 heavy (non-hydrogen) atoms. The van der Waals surface area contributed by atoms with Gasteiger partial charge < -0.3 is 14.2 Å². The van der Waals surface area contributed by atoms with Crippen molar-refractivity contribution in [3.8, 4) is 0 Å². The van der Waals surface area contributed by atoms with Gasteiger partial charge in [0.2, 0.25) is 5.22 Å². The van der Waals surface area contributed by atoms with Crippen molar-refractivity contribution in [2.45, 2.75) is 32.6 Å². The molecule has 1 fully saturated rings. The molecule has 0 aromatic carbocycles. The second-order valence-corrected chi connectivity index (χ2v) is 6.30. The van der Waals surface area contributed by atoms with Gasteiger partial charge in [0.05, 0.1) is 11.8 Å². The Bertz CT molecular complexity index is 453. The molecule has 2 rings (SSSR count). The zero-order valence-corrected chi connectivity index (χ0v) is 13.7. The minimum atomic E-state index is -0.00784. The fourth-order valence-electron chi connectivity index (χ4n) is 2.90. The summed E-state index contributed by atoms with van der Waals surface area (Å²) in [6.45, 7) is 6.15. The van der Waals surface area contributed by atoms with Gasteiger partial charge in [-0.3, -0.25) is 4.79 Å². The topological polar surface area (TPSA) is 36.7 Å². The summed E-state index contributed by atoms with van der Waals surface area (Å²) in [4.78, 5) is 16.6. The van der Waals surface area contributed by atoms with Crippen LogP contribution in [0.5, 0.6) is 0 Å². The number of carbonyl (C=O) groups excluding carboxylic acids is 1. The third kappa shape index (κ3) is 4.48. The van der Waals surface area contributed by atoms with Gasteiger partial charge in [-0.15, -0.1) is 0 Å². The average molecular weight is 313 g/mol. The van der Waals surface area contributed by atoms with E-state index in [9.17, 15) is 4.79 Å². The molecule has 1 saturated heterocycles. The first-order chi connectivity index (χ1) is 10.1. The summed E-state index contributed by atoms with van der Waals surface area (Å²) < 4.78 is 5.00. The molecule has 0 aliphatic carbocycles. The lowest BCUT2D eigenvalue weighted by Gasteiger charge is -2.33. The van der Waals surface area contributed by atoms with Gasteiger partial charge in [0.25, 0.3) is 5.91 Å². The molecule has 0 saturated carbocycles. The monoisotopic (exact) mass is 312 g/mol. The Morgan fingerprint density at radius 1 is 1.48 bits per heavy atom. The van der Waals surface area contributed by atoms with Crippen molar-refractivity contribution in [3.05, 3.63) is 23.1 Å². The van der Waals surface area contributed by atoms with Crippen molar-refractivity contribution in [2.75, 3.05) is 33.2 Å². The molecule has 1 aromatic heterocycles. The first-order valence-corrected chi connectivity index (χ1v) is 8.20. The zero-order valence-electron chi connectivity index (χ0n) is 13.0. The van der Waals surface area contributed by atoms with Crippen LogP contribution in [0.25, 0.3) is 0 Å². The van der Waals surface area contributed by atoms with Gasteiger partial charge >= 0.3 is 0 Å². The maximum Gasteiger partial charge on any atom is 0.258 e. The van der Waals surface area contributed by atoms with E-state index >= 15 is 0 Å². The Morgan fingerprint density at radius 2 is 2.19 bits per heavy atom. The molecule has 0 atom stereocenters. The quantitative estimate of drug-likeness (QED) is 0.806. The third-order valence-corrected chi connectivity index (χ3v) is 4.51. The Hall–Kier alpha value is -1.00. The molecule has 1 amide bonds. The number of likely N-dealkylation sites (tertiary alicyclic amines) is 1. The highest BCUT2D eigenvalue weighted by Crippen LogP contribution is 2.23. The number of unbranched alkanes of at least 4 members (excludes halogenated alkanes) is 1. The molecule has 0 N–H and O–H groups in total. The summed E-state index contributed by atoms with van der Waals surface area (Å²) in [5.41, 5.74) is 0.482. The third-order valence-electron chi connectivity index (χ3n) is 4.21. The van der Waals surface area contributed by atoms with Crippen LogP contribution in [-0.4, -0.2) is 48.9 Å². The summed E-state index contributed by atoms with van der Waals surface area (Å²) in [6.07, 6.45) is 6.09. The van der Waals surface area contributed by atoms with E-state index in [1.54, 1.807) is 6.07 Å². The average Bonchev–Trinajstić information content (AvgIpc) is 2.91. The standard InChI is InChI=1S/C16H25ClN2O2/c1-3-4-8-18(2)12-13-5-9-19(10-6-13)16(20)14-7-11-21-15(14)17/h7,11,13H,3-6,8-10,12H2,1-2H3. The van der Waals surface area contributed by atoms with Gasteiger partial charge in [-0.2, -0.15) is 0 Å². The van der Waals surface area contributed by atoms with E-state index in [2.05, 4.69) is 18.9 Å². The minimum Gasteiger partial charge on any atom is -0.452 e. The summed E-state index contributed by atoms with van der Waals surface area (Å²) in [7, 11) is 2.19. The van der Waals surface area contributed by atoms with Crippen molar-refractivity contribution >= 4 is 17.5 Å². The summed E-state index contributed by atoms with van der Waals surface area (Å²) >= 11 is 5.88. The smallest absolute Gasteiger partial charge is 0.258 e. The van der Waals surface area contributed by atoms with E-state index in [-0.39, 0.29) is 11.1 Å². The molecule has 118 valence electrons. The van der Waals surface area contributed by atoms with E-state index in [0.717, 1.165) is 32.5 Å². The lowest BCUT2D eigenvalue weighted by molar-refractivity contribution is 0.0672. The lowest BCUT2D eigenvalue weighted by atomic mass is 9.96. The summed E-state index contributed by atoms with van der Waals surface area (Å²) in [5, 5.41) is 0.196. The van der Waals surface area contributed by atoms with Crippen LogP contribution in [0, 0.1) is 5.92 Å². The normalized spacial score (nSPS) is 16.7. The molecule has 0 spiro atoms. The maximum absolute atomic E-state index is 12.3. The number of halogens is 1. The second-order valence-electron chi connectivity index (χ2n) is 5.96. The van der Waals surface area contributed by atoms with E-state index < -0.39 is 0 Å². The fraction of sp³-hybridized carbons (Fsp3) is 0.688. The molecule has 1 aromatic rings. The molecule has 5 heteroatoms. The van der Waals surface area contributed by atoms with Crippen LogP contribution < -0.4 is 0 Å². The highest BCUT2D eigenvalue weighted by atomic mass is 35.5. The van der Waals surface area contributed by atoms with Gasteiger partial charge in [-0.25, -0.2) is 0 Å². The molecular formula is C16H25ClN2O2. The first kappa shape index (κ1) is 16.4. The van der Waals surface area contributed by atoms with E-state index in [1.807, 2.05) is 4.90 Å². The van der Waals surface area contributed by atoms with E-state index in [0.29, 0.717) is 11.5 Å². The molecule has 0 bridgehead atoms. The molecular weight excluding hydrogens is 288 g/mol. The maximum atomic E-state index is 12.3. The number of rotatable bonds is 6. The SMILES string of the molecule is CCCCN(C)CC1CCN(C(=O)c2ccoc2Cl)CC1.